The minimum Gasteiger partial charge on any atom is -0.481 e. The lowest BCUT2D eigenvalue weighted by molar-refractivity contribution is -0.138. The van der Waals surface area contributed by atoms with Crippen LogP contribution in [0.25, 0.3) is 11.1 Å². The van der Waals surface area contributed by atoms with Gasteiger partial charge in [0.2, 0.25) is 5.91 Å². The van der Waals surface area contributed by atoms with Crippen LogP contribution in [0.2, 0.25) is 0 Å². The Hall–Kier alpha value is -3.39. The van der Waals surface area contributed by atoms with Gasteiger partial charge in [-0.25, -0.2) is 4.79 Å². The number of rotatable bonds is 11. The summed E-state index contributed by atoms with van der Waals surface area (Å²) in [4.78, 5) is 36.7. The fraction of sp³-hybridized carbons (Fsp3) is 0.423. The number of benzene rings is 2. The van der Waals surface area contributed by atoms with Gasteiger partial charge in [-0.15, -0.1) is 0 Å². The first-order valence-corrected chi connectivity index (χ1v) is 11.5. The van der Waals surface area contributed by atoms with E-state index in [1.54, 1.807) is 6.92 Å². The average molecular weight is 469 g/mol. The third kappa shape index (κ3) is 5.94. The van der Waals surface area contributed by atoms with Crippen LogP contribution in [0.1, 0.15) is 50.2 Å². The van der Waals surface area contributed by atoms with Crippen molar-refractivity contribution < 1.29 is 29.0 Å². The molecule has 0 aliphatic heterocycles. The second-order valence-electron chi connectivity index (χ2n) is 8.48. The van der Waals surface area contributed by atoms with Crippen LogP contribution in [0.5, 0.6) is 0 Å². The van der Waals surface area contributed by atoms with Crippen LogP contribution in [-0.2, 0) is 19.1 Å². The number of alkyl carbamates (subject to hydrolysis) is 1. The number of aliphatic carboxylic acids is 1. The highest BCUT2D eigenvalue weighted by molar-refractivity contribution is 5.87. The van der Waals surface area contributed by atoms with Gasteiger partial charge in [0.25, 0.3) is 0 Å². The van der Waals surface area contributed by atoms with Crippen molar-refractivity contribution in [3.05, 3.63) is 59.7 Å². The Bertz CT molecular complexity index is 978. The normalized spacial score (nSPS) is 14.9. The molecule has 0 bridgehead atoms. The Labute approximate surface area is 199 Å². The molecular formula is C26H32N2O6. The van der Waals surface area contributed by atoms with Crippen LogP contribution in [0, 0.1) is 0 Å². The molecule has 0 aromatic heterocycles. The minimum absolute atomic E-state index is 0.102. The molecule has 0 saturated carbocycles. The summed E-state index contributed by atoms with van der Waals surface area (Å²) in [5.41, 5.74) is 4.43. The molecule has 34 heavy (non-hydrogen) atoms. The lowest BCUT2D eigenvalue weighted by Gasteiger charge is -2.26. The molecule has 2 amide bonds. The molecule has 0 radical (unpaired) electrons. The van der Waals surface area contributed by atoms with E-state index in [9.17, 15) is 14.4 Å². The first kappa shape index (κ1) is 25.2. The molecule has 3 atom stereocenters. The summed E-state index contributed by atoms with van der Waals surface area (Å²) in [6, 6.07) is 14.5. The van der Waals surface area contributed by atoms with E-state index in [-0.39, 0.29) is 18.9 Å². The molecule has 0 heterocycles. The summed E-state index contributed by atoms with van der Waals surface area (Å²) < 4.78 is 10.8. The number of methoxy groups -OCH3 is 1. The van der Waals surface area contributed by atoms with Crippen LogP contribution >= 0.6 is 0 Å². The van der Waals surface area contributed by atoms with Crippen LogP contribution in [-0.4, -0.2) is 55.0 Å². The summed E-state index contributed by atoms with van der Waals surface area (Å²) in [7, 11) is 1.44. The topological polar surface area (TPSA) is 114 Å². The number of carboxylic acid groups (broad SMARTS) is 1. The molecule has 0 fully saturated rings. The van der Waals surface area contributed by atoms with Crippen LogP contribution in [0.3, 0.4) is 0 Å². The summed E-state index contributed by atoms with van der Waals surface area (Å²) in [5, 5.41) is 14.4. The molecule has 2 aromatic carbocycles. The van der Waals surface area contributed by atoms with Gasteiger partial charge in [-0.2, -0.15) is 0 Å². The highest BCUT2D eigenvalue weighted by Crippen LogP contribution is 2.44. The quantitative estimate of drug-likeness (QED) is 0.464. The van der Waals surface area contributed by atoms with Gasteiger partial charge in [0.05, 0.1) is 12.5 Å². The number of fused-ring (bicyclic) bond motifs is 3. The van der Waals surface area contributed by atoms with Gasteiger partial charge in [0.1, 0.15) is 12.6 Å². The van der Waals surface area contributed by atoms with E-state index in [0.29, 0.717) is 12.8 Å². The van der Waals surface area contributed by atoms with Gasteiger partial charge in [-0.3, -0.25) is 9.59 Å². The number of amides is 2. The number of ether oxygens (including phenoxy) is 2. The zero-order valence-corrected chi connectivity index (χ0v) is 19.7. The average Bonchev–Trinajstić information content (AvgIpc) is 3.14. The van der Waals surface area contributed by atoms with Gasteiger partial charge >= 0.3 is 12.1 Å². The predicted octanol–water partition coefficient (Wildman–Crippen LogP) is 3.69. The van der Waals surface area contributed by atoms with E-state index in [0.717, 1.165) is 22.3 Å². The molecule has 8 nitrogen and oxygen atoms in total. The molecular weight excluding hydrogens is 436 g/mol. The van der Waals surface area contributed by atoms with Crippen molar-refractivity contribution in [3.8, 4) is 11.1 Å². The van der Waals surface area contributed by atoms with E-state index < -0.39 is 36.2 Å². The number of hydrogen-bond donors (Lipinski definition) is 3. The summed E-state index contributed by atoms with van der Waals surface area (Å²) in [5.74, 6) is -1.61. The van der Waals surface area contributed by atoms with Crippen molar-refractivity contribution >= 4 is 18.0 Å². The minimum atomic E-state index is -1.03. The molecule has 2 unspecified atom stereocenters. The number of carbonyl (C=O) groups is 3. The maximum absolute atomic E-state index is 12.9. The predicted molar refractivity (Wildman–Crippen MR) is 128 cm³/mol. The van der Waals surface area contributed by atoms with E-state index >= 15 is 0 Å². The standard InChI is InChI=1S/C26H32N2O6/c1-4-9-17(14-23(29)30)27-25(31)24(16(2)33-3)28-26(32)34-15-22-20-12-7-5-10-18(20)19-11-6-8-13-21(19)22/h5-8,10-13,16-17,22,24H,4,9,14-15H2,1-3H3,(H,27,31)(H,28,32)(H,29,30)/t16?,17-,24?/m0/s1. The molecule has 1 aliphatic rings. The lowest BCUT2D eigenvalue weighted by atomic mass is 9.98. The fourth-order valence-corrected chi connectivity index (χ4v) is 4.37. The third-order valence-electron chi connectivity index (χ3n) is 6.15. The van der Waals surface area contributed by atoms with E-state index in [4.69, 9.17) is 14.6 Å². The highest BCUT2D eigenvalue weighted by Gasteiger charge is 2.32. The Morgan fingerprint density at radius 2 is 1.59 bits per heavy atom. The maximum Gasteiger partial charge on any atom is 0.407 e. The van der Waals surface area contributed by atoms with Gasteiger partial charge in [-0.1, -0.05) is 61.9 Å². The molecule has 2 aromatic rings. The zero-order chi connectivity index (χ0) is 24.7. The molecule has 3 N–H and O–H groups in total. The Morgan fingerprint density at radius 3 is 2.12 bits per heavy atom. The maximum atomic E-state index is 12.9. The largest absolute Gasteiger partial charge is 0.481 e. The first-order valence-electron chi connectivity index (χ1n) is 11.5. The molecule has 1 aliphatic carbocycles. The molecule has 8 heteroatoms. The number of carboxylic acids is 1. The SMILES string of the molecule is CCC[C@@H](CC(=O)O)NC(=O)C(NC(=O)OCC1c2ccccc2-c2ccccc21)C(C)OC. The summed E-state index contributed by atoms with van der Waals surface area (Å²) >= 11 is 0. The van der Waals surface area contributed by atoms with E-state index in [1.807, 2.05) is 43.3 Å². The van der Waals surface area contributed by atoms with Crippen molar-refractivity contribution in [2.75, 3.05) is 13.7 Å². The van der Waals surface area contributed by atoms with Crippen molar-refractivity contribution in [3.63, 3.8) is 0 Å². The van der Waals surface area contributed by atoms with Gasteiger partial charge in [-0.05, 0) is 35.6 Å². The number of nitrogens with one attached hydrogen (secondary N) is 2. The third-order valence-corrected chi connectivity index (χ3v) is 6.15. The summed E-state index contributed by atoms with van der Waals surface area (Å²) in [6.45, 7) is 3.68. The molecule has 182 valence electrons. The summed E-state index contributed by atoms with van der Waals surface area (Å²) in [6.07, 6.45) is -0.359. The van der Waals surface area contributed by atoms with E-state index in [1.165, 1.54) is 7.11 Å². The lowest BCUT2D eigenvalue weighted by Crippen LogP contribution is -2.55. The second kappa shape index (κ2) is 11.7. The second-order valence-corrected chi connectivity index (χ2v) is 8.48. The molecule has 0 saturated heterocycles. The van der Waals surface area contributed by atoms with Crippen molar-refractivity contribution in [2.45, 2.75) is 57.2 Å². The van der Waals surface area contributed by atoms with Crippen molar-refractivity contribution in [1.82, 2.24) is 10.6 Å². The van der Waals surface area contributed by atoms with E-state index in [2.05, 4.69) is 22.8 Å². The molecule has 0 spiro atoms. The Kier molecular flexibility index (Phi) is 8.65. The Morgan fingerprint density at radius 1 is 1.00 bits per heavy atom. The zero-order valence-electron chi connectivity index (χ0n) is 19.7. The van der Waals surface area contributed by atoms with Gasteiger partial charge in [0, 0.05) is 19.1 Å². The van der Waals surface area contributed by atoms with Crippen molar-refractivity contribution in [2.24, 2.45) is 0 Å². The van der Waals surface area contributed by atoms with Crippen LogP contribution in [0.4, 0.5) is 4.79 Å². The van der Waals surface area contributed by atoms with Crippen LogP contribution in [0.15, 0.2) is 48.5 Å². The molecule has 3 rings (SSSR count). The Balaban J connectivity index is 1.66. The van der Waals surface area contributed by atoms with Crippen molar-refractivity contribution in [1.29, 1.82) is 0 Å². The fourth-order valence-electron chi connectivity index (χ4n) is 4.37. The van der Waals surface area contributed by atoms with Gasteiger partial charge < -0.3 is 25.2 Å². The van der Waals surface area contributed by atoms with Crippen LogP contribution < -0.4 is 10.6 Å². The number of carbonyl (C=O) groups excluding carboxylic acids is 2. The smallest absolute Gasteiger partial charge is 0.407 e. The van der Waals surface area contributed by atoms with Gasteiger partial charge in [0.15, 0.2) is 0 Å². The highest BCUT2D eigenvalue weighted by atomic mass is 16.5. The monoisotopic (exact) mass is 468 g/mol. The first-order chi connectivity index (χ1) is 16.3. The number of hydrogen-bond acceptors (Lipinski definition) is 5.